The van der Waals surface area contributed by atoms with Gasteiger partial charge in [-0.2, -0.15) is 0 Å². The number of carbonyl (C=O) groups is 2. The second-order valence-electron chi connectivity index (χ2n) is 8.32. The minimum absolute atomic E-state index is 0.0127. The zero-order valence-corrected chi connectivity index (χ0v) is 19.1. The summed E-state index contributed by atoms with van der Waals surface area (Å²) in [4.78, 5) is 25.6. The molecule has 8 nitrogen and oxygen atoms in total. The number of hydrogen-bond donors (Lipinski definition) is 1. The van der Waals surface area contributed by atoms with E-state index in [1.165, 1.54) is 0 Å². The van der Waals surface area contributed by atoms with Crippen LogP contribution in [0.25, 0.3) is 0 Å². The number of hydrogen-bond acceptors (Lipinski definition) is 6. The summed E-state index contributed by atoms with van der Waals surface area (Å²) in [5.41, 5.74) is 2.61. The highest BCUT2D eigenvalue weighted by Gasteiger charge is 2.32. The lowest BCUT2D eigenvalue weighted by molar-refractivity contribution is -0.137. The summed E-state index contributed by atoms with van der Waals surface area (Å²) in [5.74, 6) is 1.20. The Kier molecular flexibility index (Phi) is 7.47. The number of rotatable bonds is 10. The normalized spacial score (nSPS) is 15.3. The first-order valence-electron chi connectivity index (χ1n) is 11.3. The fraction of sp³-hybridized carbons (Fsp3) is 0.346. The van der Waals surface area contributed by atoms with Crippen LogP contribution in [0, 0.1) is 0 Å². The third kappa shape index (κ3) is 5.95. The number of aryl methyl sites for hydroxylation is 1. The van der Waals surface area contributed by atoms with Crippen molar-refractivity contribution in [3.63, 3.8) is 0 Å². The summed E-state index contributed by atoms with van der Waals surface area (Å²) in [5, 5.41) is 12.9. The fourth-order valence-corrected chi connectivity index (χ4v) is 4.12. The molecule has 8 heteroatoms. The Morgan fingerprint density at radius 1 is 1.12 bits per heavy atom. The number of ether oxygens (including phenoxy) is 2. The van der Waals surface area contributed by atoms with Crippen LogP contribution in [0.1, 0.15) is 47.9 Å². The average molecular weight is 465 g/mol. The summed E-state index contributed by atoms with van der Waals surface area (Å²) in [6.45, 7) is 1.10. The smallest absolute Gasteiger partial charge is 0.303 e. The Bertz CT molecular complexity index is 1120. The molecule has 1 aliphatic rings. The maximum absolute atomic E-state index is 13.0. The lowest BCUT2D eigenvalue weighted by atomic mass is 10.1. The Morgan fingerprint density at radius 3 is 2.71 bits per heavy atom. The lowest BCUT2D eigenvalue weighted by Crippen LogP contribution is -2.32. The molecule has 0 radical (unpaired) electrons. The number of nitrogens with zero attached hydrogens (tertiary/aromatic N) is 2. The van der Waals surface area contributed by atoms with Gasteiger partial charge in [-0.3, -0.25) is 9.59 Å². The number of carboxylic acid groups (broad SMARTS) is 1. The quantitative estimate of drug-likeness (QED) is 0.480. The van der Waals surface area contributed by atoms with Gasteiger partial charge in [-0.05, 0) is 48.2 Å². The van der Waals surface area contributed by atoms with Gasteiger partial charge in [0, 0.05) is 19.0 Å². The molecule has 1 aliphatic heterocycles. The molecule has 2 aromatic carbocycles. The van der Waals surface area contributed by atoms with Gasteiger partial charge >= 0.3 is 5.97 Å². The van der Waals surface area contributed by atoms with E-state index >= 15 is 0 Å². The monoisotopic (exact) mass is 464 g/mol. The number of amides is 1. The molecule has 4 rings (SSSR count). The Balaban J connectivity index is 1.32. The molecule has 3 aromatic rings. The van der Waals surface area contributed by atoms with E-state index < -0.39 is 5.97 Å². The van der Waals surface area contributed by atoms with Crippen molar-refractivity contribution >= 4 is 11.9 Å². The molecule has 0 saturated carbocycles. The topological polar surface area (TPSA) is 102 Å². The van der Waals surface area contributed by atoms with Gasteiger partial charge in [-0.25, -0.2) is 0 Å². The summed E-state index contributed by atoms with van der Waals surface area (Å²) < 4.78 is 16.4. The van der Waals surface area contributed by atoms with Gasteiger partial charge in [0.1, 0.15) is 29.6 Å². The summed E-state index contributed by atoms with van der Waals surface area (Å²) in [6.07, 6.45) is 2.27. The van der Waals surface area contributed by atoms with Gasteiger partial charge in [0.25, 0.3) is 0 Å². The molecule has 1 unspecified atom stereocenters. The van der Waals surface area contributed by atoms with Gasteiger partial charge in [0.15, 0.2) is 0 Å². The van der Waals surface area contributed by atoms with E-state index in [2.05, 4.69) is 5.16 Å². The predicted molar refractivity (Wildman–Crippen MR) is 124 cm³/mol. The fourth-order valence-electron chi connectivity index (χ4n) is 4.12. The van der Waals surface area contributed by atoms with E-state index in [9.17, 15) is 9.59 Å². The van der Waals surface area contributed by atoms with Crippen LogP contribution in [0.15, 0.2) is 59.1 Å². The maximum Gasteiger partial charge on any atom is 0.303 e. The summed E-state index contributed by atoms with van der Waals surface area (Å²) in [6, 6.07) is 16.9. The highest BCUT2D eigenvalue weighted by atomic mass is 16.5. The van der Waals surface area contributed by atoms with E-state index in [0.717, 1.165) is 35.5 Å². The molecular weight excluding hydrogens is 436 g/mol. The van der Waals surface area contributed by atoms with Gasteiger partial charge in [0.05, 0.1) is 26.0 Å². The molecule has 0 spiro atoms. The van der Waals surface area contributed by atoms with Crippen LogP contribution in [-0.2, 0) is 29.0 Å². The molecule has 1 fully saturated rings. The number of carboxylic acids is 1. The minimum Gasteiger partial charge on any atom is -0.497 e. The number of methoxy groups -OCH3 is 1. The third-order valence-corrected chi connectivity index (χ3v) is 5.90. The zero-order valence-electron chi connectivity index (χ0n) is 19.1. The molecule has 0 bridgehead atoms. The maximum atomic E-state index is 13.0. The second kappa shape index (κ2) is 10.9. The van der Waals surface area contributed by atoms with Crippen molar-refractivity contribution in [2.24, 2.45) is 0 Å². The first-order chi connectivity index (χ1) is 16.5. The van der Waals surface area contributed by atoms with Gasteiger partial charge in [-0.1, -0.05) is 29.4 Å². The van der Waals surface area contributed by atoms with E-state index in [0.29, 0.717) is 24.6 Å². The third-order valence-electron chi connectivity index (χ3n) is 5.90. The molecular formula is C26H28N2O6. The number of benzene rings is 2. The van der Waals surface area contributed by atoms with Crippen molar-refractivity contribution < 1.29 is 28.7 Å². The number of carbonyl (C=O) groups excluding carboxylic acids is 1. The van der Waals surface area contributed by atoms with E-state index in [1.807, 2.05) is 53.4 Å². The van der Waals surface area contributed by atoms with Crippen molar-refractivity contribution in [2.75, 3.05) is 13.7 Å². The van der Waals surface area contributed by atoms with Crippen molar-refractivity contribution in [3.8, 4) is 11.5 Å². The first kappa shape index (κ1) is 23.4. The summed E-state index contributed by atoms with van der Waals surface area (Å²) in [7, 11) is 1.63. The van der Waals surface area contributed by atoms with Crippen molar-refractivity contribution in [2.45, 2.75) is 44.8 Å². The highest BCUT2D eigenvalue weighted by molar-refractivity contribution is 5.79. The largest absolute Gasteiger partial charge is 0.497 e. The van der Waals surface area contributed by atoms with E-state index in [-0.39, 0.29) is 31.2 Å². The minimum atomic E-state index is -0.882. The summed E-state index contributed by atoms with van der Waals surface area (Å²) >= 11 is 0. The molecule has 1 amide bonds. The lowest BCUT2D eigenvalue weighted by Gasteiger charge is -2.23. The molecule has 34 heavy (non-hydrogen) atoms. The van der Waals surface area contributed by atoms with E-state index in [1.54, 1.807) is 13.2 Å². The standard InChI is InChI=1S/C26H28N2O6/c1-32-21-5-2-4-19(14-21)17-33-20-9-7-18(8-10-20)15-25(29)28-13-3-6-24(28)23-16-22(34-27-23)11-12-26(30)31/h2,4-5,7-10,14,16,24H,3,6,11-13,15,17H2,1H3,(H,30,31). The zero-order chi connectivity index (χ0) is 23.9. The predicted octanol–water partition coefficient (Wildman–Crippen LogP) is 4.19. The van der Waals surface area contributed by atoms with Crippen LogP contribution in [0.4, 0.5) is 0 Å². The van der Waals surface area contributed by atoms with Crippen LogP contribution < -0.4 is 9.47 Å². The molecule has 178 valence electrons. The number of aliphatic carboxylic acids is 1. The van der Waals surface area contributed by atoms with Crippen LogP contribution >= 0.6 is 0 Å². The first-order valence-corrected chi connectivity index (χ1v) is 11.3. The number of likely N-dealkylation sites (tertiary alicyclic amines) is 1. The Morgan fingerprint density at radius 2 is 1.94 bits per heavy atom. The van der Waals surface area contributed by atoms with Crippen LogP contribution in [0.3, 0.4) is 0 Å². The van der Waals surface area contributed by atoms with Crippen LogP contribution in [0.2, 0.25) is 0 Å². The van der Waals surface area contributed by atoms with Crippen molar-refractivity contribution in [1.29, 1.82) is 0 Å². The SMILES string of the molecule is COc1cccc(COc2ccc(CC(=O)N3CCCC3c3cc(CCC(=O)O)on3)cc2)c1. The Hall–Kier alpha value is -3.81. The van der Waals surface area contributed by atoms with E-state index in [4.69, 9.17) is 19.1 Å². The highest BCUT2D eigenvalue weighted by Crippen LogP contribution is 2.32. The Labute approximate surface area is 198 Å². The molecule has 1 aromatic heterocycles. The average Bonchev–Trinajstić information content (AvgIpc) is 3.52. The molecule has 0 aliphatic carbocycles. The second-order valence-corrected chi connectivity index (χ2v) is 8.32. The van der Waals surface area contributed by atoms with Gasteiger partial charge < -0.3 is 24.0 Å². The van der Waals surface area contributed by atoms with Crippen LogP contribution in [-0.4, -0.2) is 40.7 Å². The molecule has 2 heterocycles. The molecule has 1 N–H and O–H groups in total. The molecule has 1 saturated heterocycles. The number of aromatic nitrogens is 1. The van der Waals surface area contributed by atoms with Crippen LogP contribution in [0.5, 0.6) is 11.5 Å². The van der Waals surface area contributed by atoms with Crippen molar-refractivity contribution in [1.82, 2.24) is 10.1 Å². The molecule has 1 atom stereocenters. The van der Waals surface area contributed by atoms with Crippen molar-refractivity contribution in [3.05, 3.63) is 77.2 Å². The van der Waals surface area contributed by atoms with Gasteiger partial charge in [0.2, 0.25) is 5.91 Å². The van der Waals surface area contributed by atoms with Gasteiger partial charge in [-0.15, -0.1) is 0 Å².